The third kappa shape index (κ3) is 5.02. The maximum Gasteiger partial charge on any atom is 0.243 e. The lowest BCUT2D eigenvalue weighted by atomic mass is 9.97. The summed E-state index contributed by atoms with van der Waals surface area (Å²) in [5, 5.41) is 2.94. The van der Waals surface area contributed by atoms with Crippen LogP contribution in [0.25, 0.3) is 0 Å². The third-order valence-corrected chi connectivity index (χ3v) is 8.13. The lowest BCUT2D eigenvalue weighted by Crippen LogP contribution is -2.43. The molecule has 1 N–H and O–H groups in total. The van der Waals surface area contributed by atoms with Gasteiger partial charge in [0.15, 0.2) is 0 Å². The van der Waals surface area contributed by atoms with Crippen molar-refractivity contribution >= 4 is 27.5 Å². The number of fused-ring (bicyclic) bond motifs is 1. The highest BCUT2D eigenvalue weighted by atomic mass is 32.2. The average molecular weight is 488 g/mol. The second-order valence-corrected chi connectivity index (χ2v) is 10.3. The Morgan fingerprint density at radius 1 is 1.12 bits per heavy atom. The Morgan fingerprint density at radius 2 is 1.88 bits per heavy atom. The van der Waals surface area contributed by atoms with Crippen molar-refractivity contribution in [1.82, 2.24) is 9.62 Å². The third-order valence-electron chi connectivity index (χ3n) is 6.24. The summed E-state index contributed by atoms with van der Waals surface area (Å²) < 4.78 is 38.7. The molecule has 0 aromatic heterocycles. The van der Waals surface area contributed by atoms with Gasteiger partial charge in [0.1, 0.15) is 18.1 Å². The summed E-state index contributed by atoms with van der Waals surface area (Å²) in [5.74, 6) is 0.724. The van der Waals surface area contributed by atoms with E-state index in [0.717, 1.165) is 11.3 Å². The molecule has 1 saturated heterocycles. The van der Waals surface area contributed by atoms with Crippen molar-refractivity contribution < 1.29 is 27.5 Å². The maximum absolute atomic E-state index is 13.3. The van der Waals surface area contributed by atoms with Gasteiger partial charge in [0.25, 0.3) is 0 Å². The first-order valence-electron chi connectivity index (χ1n) is 11.3. The van der Waals surface area contributed by atoms with E-state index in [-0.39, 0.29) is 35.7 Å². The molecule has 2 aromatic carbocycles. The van der Waals surface area contributed by atoms with Crippen LogP contribution in [0.15, 0.2) is 47.4 Å². The van der Waals surface area contributed by atoms with E-state index in [2.05, 4.69) is 5.32 Å². The van der Waals surface area contributed by atoms with Crippen LogP contribution in [-0.4, -0.2) is 57.9 Å². The molecule has 2 aliphatic heterocycles. The van der Waals surface area contributed by atoms with Crippen molar-refractivity contribution in [2.24, 2.45) is 5.92 Å². The normalized spacial score (nSPS) is 16.9. The standard InChI is InChI=1S/C24H29N3O6S/c1-17(28)27-12-13-33-23-7-6-21(15-22(23)27)34(30,31)26-10-8-19(9-11-26)24(29)25-16-18-4-3-5-20(14-18)32-2/h3-7,14-15,19H,8-13,16H2,1-2H3,(H,25,29). The Kier molecular flexibility index (Phi) is 7.08. The summed E-state index contributed by atoms with van der Waals surface area (Å²) in [6.07, 6.45) is 0.883. The Labute approximate surface area is 199 Å². The van der Waals surface area contributed by atoms with Gasteiger partial charge in [-0.05, 0) is 48.7 Å². The number of nitrogens with one attached hydrogen (secondary N) is 1. The van der Waals surface area contributed by atoms with Gasteiger partial charge < -0.3 is 19.7 Å². The number of anilines is 1. The highest BCUT2D eigenvalue weighted by Gasteiger charge is 2.33. The molecule has 10 heteroatoms. The zero-order valence-electron chi connectivity index (χ0n) is 19.3. The zero-order chi connectivity index (χ0) is 24.3. The molecule has 2 aliphatic rings. The first-order chi connectivity index (χ1) is 16.3. The van der Waals surface area contributed by atoms with Crippen LogP contribution in [0.2, 0.25) is 0 Å². The molecule has 0 bridgehead atoms. The van der Waals surface area contributed by atoms with E-state index in [0.29, 0.717) is 44.0 Å². The number of rotatable bonds is 6. The fourth-order valence-corrected chi connectivity index (χ4v) is 5.80. The molecule has 4 rings (SSSR count). The van der Waals surface area contributed by atoms with Gasteiger partial charge in [-0.1, -0.05) is 12.1 Å². The second kappa shape index (κ2) is 10.0. The SMILES string of the molecule is COc1cccc(CNC(=O)C2CCN(S(=O)(=O)c3ccc4c(c3)N(C(C)=O)CCO4)CC2)c1. The van der Waals surface area contributed by atoms with Gasteiger partial charge in [-0.2, -0.15) is 4.31 Å². The molecule has 0 atom stereocenters. The van der Waals surface area contributed by atoms with Crippen LogP contribution in [0.3, 0.4) is 0 Å². The van der Waals surface area contributed by atoms with Crippen LogP contribution >= 0.6 is 0 Å². The van der Waals surface area contributed by atoms with Crippen molar-refractivity contribution in [1.29, 1.82) is 0 Å². The van der Waals surface area contributed by atoms with Crippen LogP contribution in [0.5, 0.6) is 11.5 Å². The van der Waals surface area contributed by atoms with Gasteiger partial charge in [0.2, 0.25) is 21.8 Å². The minimum absolute atomic E-state index is 0.0807. The van der Waals surface area contributed by atoms with Gasteiger partial charge in [-0.3, -0.25) is 9.59 Å². The molecule has 0 spiro atoms. The molecule has 2 heterocycles. The van der Waals surface area contributed by atoms with Gasteiger partial charge in [0.05, 0.1) is 24.2 Å². The van der Waals surface area contributed by atoms with E-state index in [1.807, 2.05) is 24.3 Å². The van der Waals surface area contributed by atoms with Gasteiger partial charge >= 0.3 is 0 Å². The summed E-state index contributed by atoms with van der Waals surface area (Å²) in [4.78, 5) is 26.3. The number of nitrogens with zero attached hydrogens (tertiary/aromatic N) is 2. The molecule has 0 saturated carbocycles. The Bertz CT molecular complexity index is 1170. The zero-order valence-corrected chi connectivity index (χ0v) is 20.1. The molecule has 0 unspecified atom stereocenters. The number of amides is 2. The molecule has 182 valence electrons. The number of methoxy groups -OCH3 is 1. The van der Waals surface area contributed by atoms with Crippen LogP contribution < -0.4 is 19.7 Å². The minimum atomic E-state index is -3.76. The molecule has 0 radical (unpaired) electrons. The predicted molar refractivity (Wildman–Crippen MR) is 126 cm³/mol. The van der Waals surface area contributed by atoms with Crippen LogP contribution in [-0.2, 0) is 26.2 Å². The van der Waals surface area contributed by atoms with Crippen molar-refractivity contribution in [2.75, 3.05) is 38.3 Å². The highest BCUT2D eigenvalue weighted by molar-refractivity contribution is 7.89. The number of hydrogen-bond donors (Lipinski definition) is 1. The van der Waals surface area contributed by atoms with Crippen molar-refractivity contribution in [2.45, 2.75) is 31.2 Å². The van der Waals surface area contributed by atoms with Crippen molar-refractivity contribution in [3.8, 4) is 11.5 Å². The number of carbonyl (C=O) groups excluding carboxylic acids is 2. The number of piperidine rings is 1. The summed E-state index contributed by atoms with van der Waals surface area (Å²) >= 11 is 0. The largest absolute Gasteiger partial charge is 0.497 e. The second-order valence-electron chi connectivity index (χ2n) is 8.40. The van der Waals surface area contributed by atoms with E-state index in [9.17, 15) is 18.0 Å². The van der Waals surface area contributed by atoms with Crippen LogP contribution in [0.1, 0.15) is 25.3 Å². The average Bonchev–Trinajstić information content (AvgIpc) is 2.86. The van der Waals surface area contributed by atoms with Gasteiger partial charge in [-0.15, -0.1) is 0 Å². The highest BCUT2D eigenvalue weighted by Crippen LogP contribution is 2.35. The Morgan fingerprint density at radius 3 is 2.59 bits per heavy atom. The monoisotopic (exact) mass is 487 g/mol. The number of carbonyl (C=O) groups is 2. The Hall–Kier alpha value is -3.11. The first-order valence-corrected chi connectivity index (χ1v) is 12.7. The number of benzene rings is 2. The molecule has 0 aliphatic carbocycles. The number of sulfonamides is 1. The molecule has 1 fully saturated rings. The van der Waals surface area contributed by atoms with Gasteiger partial charge in [0, 0.05) is 32.5 Å². The smallest absolute Gasteiger partial charge is 0.243 e. The van der Waals surface area contributed by atoms with Gasteiger partial charge in [-0.25, -0.2) is 8.42 Å². The molecule has 2 aromatic rings. The summed E-state index contributed by atoms with van der Waals surface area (Å²) in [5.41, 5.74) is 1.40. The molecule has 9 nitrogen and oxygen atoms in total. The van der Waals surface area contributed by atoms with E-state index in [1.165, 1.54) is 28.3 Å². The summed E-state index contributed by atoms with van der Waals surface area (Å²) in [6, 6.07) is 12.1. The number of hydrogen-bond acceptors (Lipinski definition) is 6. The maximum atomic E-state index is 13.3. The van der Waals surface area contributed by atoms with Crippen molar-refractivity contribution in [3.63, 3.8) is 0 Å². The summed E-state index contributed by atoms with van der Waals surface area (Å²) in [6.45, 7) is 3.08. The van der Waals surface area contributed by atoms with Crippen LogP contribution in [0, 0.1) is 5.92 Å². The predicted octanol–water partition coefficient (Wildman–Crippen LogP) is 2.16. The fourth-order valence-electron chi connectivity index (χ4n) is 4.31. The molecular weight excluding hydrogens is 458 g/mol. The molecular formula is C24H29N3O6S. The van der Waals surface area contributed by atoms with E-state index in [1.54, 1.807) is 13.2 Å². The lowest BCUT2D eigenvalue weighted by molar-refractivity contribution is -0.126. The molecule has 34 heavy (non-hydrogen) atoms. The summed E-state index contributed by atoms with van der Waals surface area (Å²) in [7, 11) is -2.17. The fraction of sp³-hybridized carbons (Fsp3) is 0.417. The Balaban J connectivity index is 1.38. The first kappa shape index (κ1) is 24.0. The van der Waals surface area contributed by atoms with E-state index < -0.39 is 10.0 Å². The van der Waals surface area contributed by atoms with Crippen molar-refractivity contribution in [3.05, 3.63) is 48.0 Å². The quantitative estimate of drug-likeness (QED) is 0.670. The van der Waals surface area contributed by atoms with E-state index >= 15 is 0 Å². The molecule has 2 amide bonds. The lowest BCUT2D eigenvalue weighted by Gasteiger charge is -2.32. The number of ether oxygens (including phenoxy) is 2. The van der Waals surface area contributed by atoms with Crippen LogP contribution in [0.4, 0.5) is 5.69 Å². The minimum Gasteiger partial charge on any atom is -0.497 e. The van der Waals surface area contributed by atoms with E-state index in [4.69, 9.17) is 9.47 Å². The topological polar surface area (TPSA) is 105 Å².